The van der Waals surface area contributed by atoms with Crippen LogP contribution in [0.3, 0.4) is 0 Å². The Labute approximate surface area is 127 Å². The molecule has 1 unspecified atom stereocenters. The van der Waals surface area contributed by atoms with E-state index in [0.717, 1.165) is 10.5 Å². The minimum Gasteiger partial charge on any atom is -0.348 e. The van der Waals surface area contributed by atoms with Crippen LogP contribution in [0.2, 0.25) is 0 Å². The summed E-state index contributed by atoms with van der Waals surface area (Å²) in [5, 5.41) is 5.18. The third-order valence-electron chi connectivity index (χ3n) is 3.49. The monoisotopic (exact) mass is 307 g/mol. The lowest BCUT2D eigenvalue weighted by Crippen LogP contribution is -2.43. The van der Waals surface area contributed by atoms with E-state index >= 15 is 0 Å². The first-order valence-corrected chi connectivity index (χ1v) is 6.89. The van der Waals surface area contributed by atoms with Crippen LogP contribution in [0.15, 0.2) is 24.3 Å². The molecule has 1 fully saturated rings. The Morgan fingerprint density at radius 1 is 1.32 bits per heavy atom. The molecule has 0 saturated carbocycles. The van der Waals surface area contributed by atoms with Crippen molar-refractivity contribution in [2.24, 2.45) is 0 Å². The normalized spacial score (nSPS) is 18.1. The molecule has 0 aliphatic carbocycles. The molecule has 2 rings (SSSR count). The van der Waals surface area contributed by atoms with Crippen molar-refractivity contribution in [3.05, 3.63) is 35.6 Å². The molecule has 2 N–H and O–H groups in total. The second-order valence-corrected chi connectivity index (χ2v) is 5.79. The number of nitrogens with zero attached hydrogens (tertiary/aromatic N) is 1. The molecule has 7 heteroatoms. The van der Waals surface area contributed by atoms with E-state index in [9.17, 15) is 18.8 Å². The quantitative estimate of drug-likeness (QED) is 0.824. The molecule has 4 amide bonds. The molecule has 1 saturated heterocycles. The Morgan fingerprint density at radius 3 is 2.41 bits per heavy atom. The fraction of sp³-hybridized carbons (Fsp3) is 0.400. The van der Waals surface area contributed by atoms with Gasteiger partial charge >= 0.3 is 6.03 Å². The minimum absolute atomic E-state index is 0.348. The lowest BCUT2D eigenvalue weighted by molar-refractivity contribution is -0.134. The fourth-order valence-corrected chi connectivity index (χ4v) is 2.23. The number of carbonyl (C=O) groups is 3. The summed E-state index contributed by atoms with van der Waals surface area (Å²) in [5.74, 6) is -1.26. The molecule has 0 bridgehead atoms. The Morgan fingerprint density at radius 2 is 1.91 bits per heavy atom. The van der Waals surface area contributed by atoms with Crippen LogP contribution in [-0.2, 0) is 9.59 Å². The van der Waals surface area contributed by atoms with Crippen LogP contribution < -0.4 is 10.6 Å². The number of carbonyl (C=O) groups excluding carboxylic acids is 3. The zero-order valence-electron chi connectivity index (χ0n) is 12.6. The van der Waals surface area contributed by atoms with Gasteiger partial charge in [0.05, 0.1) is 6.04 Å². The van der Waals surface area contributed by atoms with Gasteiger partial charge < -0.3 is 10.6 Å². The highest BCUT2D eigenvalue weighted by Gasteiger charge is 2.44. The number of benzene rings is 1. The third kappa shape index (κ3) is 3.24. The molecule has 0 spiro atoms. The first-order valence-electron chi connectivity index (χ1n) is 6.89. The summed E-state index contributed by atoms with van der Waals surface area (Å²) < 4.78 is 12.9. The SMILES string of the molecule is CC(NC(=O)CN1C(=O)NC(C)(C)C1=O)c1ccc(F)cc1. The molecule has 22 heavy (non-hydrogen) atoms. The maximum absolute atomic E-state index is 12.9. The van der Waals surface area contributed by atoms with Crippen LogP contribution in [0.25, 0.3) is 0 Å². The first-order chi connectivity index (χ1) is 10.2. The van der Waals surface area contributed by atoms with E-state index in [4.69, 9.17) is 0 Å². The van der Waals surface area contributed by atoms with E-state index in [1.165, 1.54) is 12.1 Å². The maximum Gasteiger partial charge on any atom is 0.325 e. The van der Waals surface area contributed by atoms with Crippen molar-refractivity contribution in [1.82, 2.24) is 15.5 Å². The number of nitrogens with one attached hydrogen (secondary N) is 2. The van der Waals surface area contributed by atoms with Crippen molar-refractivity contribution in [3.63, 3.8) is 0 Å². The van der Waals surface area contributed by atoms with E-state index in [-0.39, 0.29) is 18.4 Å². The Balaban J connectivity index is 1.97. The maximum atomic E-state index is 12.9. The van der Waals surface area contributed by atoms with Gasteiger partial charge in [0.25, 0.3) is 5.91 Å². The predicted octanol–water partition coefficient (Wildman–Crippen LogP) is 1.33. The van der Waals surface area contributed by atoms with E-state index < -0.39 is 23.4 Å². The number of amides is 4. The second-order valence-electron chi connectivity index (χ2n) is 5.79. The summed E-state index contributed by atoms with van der Waals surface area (Å²) in [6, 6.07) is 4.80. The zero-order valence-corrected chi connectivity index (χ0v) is 12.6. The molecule has 1 aromatic carbocycles. The van der Waals surface area contributed by atoms with Crippen LogP contribution in [0, 0.1) is 5.82 Å². The van der Waals surface area contributed by atoms with E-state index in [1.54, 1.807) is 32.9 Å². The van der Waals surface area contributed by atoms with Gasteiger partial charge in [0, 0.05) is 0 Å². The lowest BCUT2D eigenvalue weighted by atomic mass is 10.1. The fourth-order valence-electron chi connectivity index (χ4n) is 2.23. The predicted molar refractivity (Wildman–Crippen MR) is 77.3 cm³/mol. The molecule has 1 aliphatic rings. The molecule has 118 valence electrons. The van der Waals surface area contributed by atoms with Gasteiger partial charge in [0.2, 0.25) is 5.91 Å². The highest BCUT2D eigenvalue weighted by Crippen LogP contribution is 2.17. The van der Waals surface area contributed by atoms with Crippen LogP contribution in [0.1, 0.15) is 32.4 Å². The second kappa shape index (κ2) is 5.75. The summed E-state index contributed by atoms with van der Waals surface area (Å²) >= 11 is 0. The number of imide groups is 1. The van der Waals surface area contributed by atoms with Gasteiger partial charge in [-0.25, -0.2) is 9.18 Å². The number of urea groups is 1. The third-order valence-corrected chi connectivity index (χ3v) is 3.49. The van der Waals surface area contributed by atoms with Gasteiger partial charge in [-0.15, -0.1) is 0 Å². The number of halogens is 1. The van der Waals surface area contributed by atoms with Gasteiger partial charge in [-0.05, 0) is 38.5 Å². The highest BCUT2D eigenvalue weighted by atomic mass is 19.1. The number of hydrogen-bond acceptors (Lipinski definition) is 3. The largest absolute Gasteiger partial charge is 0.348 e. The summed E-state index contributed by atoms with van der Waals surface area (Å²) in [5.41, 5.74) is -0.271. The highest BCUT2D eigenvalue weighted by molar-refractivity contribution is 6.08. The minimum atomic E-state index is -1.00. The van der Waals surface area contributed by atoms with Crippen molar-refractivity contribution >= 4 is 17.8 Å². The average molecular weight is 307 g/mol. The molecular weight excluding hydrogens is 289 g/mol. The van der Waals surface area contributed by atoms with Crippen LogP contribution in [0.4, 0.5) is 9.18 Å². The smallest absolute Gasteiger partial charge is 0.325 e. The molecular formula is C15H18FN3O3. The summed E-state index contributed by atoms with van der Waals surface area (Å²) in [4.78, 5) is 36.6. The number of hydrogen-bond donors (Lipinski definition) is 2. The topological polar surface area (TPSA) is 78.5 Å². The Bertz CT molecular complexity index is 613. The van der Waals surface area contributed by atoms with E-state index in [1.807, 2.05) is 0 Å². The summed E-state index contributed by atoms with van der Waals surface area (Å²) in [6.45, 7) is 4.54. The zero-order chi connectivity index (χ0) is 16.5. The van der Waals surface area contributed by atoms with Crippen LogP contribution in [-0.4, -0.2) is 34.8 Å². The van der Waals surface area contributed by atoms with Gasteiger partial charge in [0.1, 0.15) is 17.9 Å². The van der Waals surface area contributed by atoms with Crippen molar-refractivity contribution in [3.8, 4) is 0 Å². The molecule has 1 aromatic rings. The van der Waals surface area contributed by atoms with Gasteiger partial charge in [0.15, 0.2) is 0 Å². The van der Waals surface area contributed by atoms with Crippen molar-refractivity contribution in [2.75, 3.05) is 6.54 Å². The molecule has 6 nitrogen and oxygen atoms in total. The molecule has 1 atom stereocenters. The number of rotatable bonds is 4. The average Bonchev–Trinajstić information content (AvgIpc) is 2.61. The Hall–Kier alpha value is -2.44. The van der Waals surface area contributed by atoms with Crippen molar-refractivity contribution in [1.29, 1.82) is 0 Å². The van der Waals surface area contributed by atoms with Gasteiger partial charge in [-0.2, -0.15) is 0 Å². The van der Waals surface area contributed by atoms with Crippen LogP contribution in [0.5, 0.6) is 0 Å². The molecule has 1 heterocycles. The van der Waals surface area contributed by atoms with Crippen LogP contribution >= 0.6 is 0 Å². The lowest BCUT2D eigenvalue weighted by Gasteiger charge is -2.18. The van der Waals surface area contributed by atoms with E-state index in [2.05, 4.69) is 10.6 Å². The van der Waals surface area contributed by atoms with Crippen molar-refractivity contribution in [2.45, 2.75) is 32.4 Å². The summed E-state index contributed by atoms with van der Waals surface area (Å²) in [7, 11) is 0. The standard InChI is InChI=1S/C15H18FN3O3/c1-9(10-4-6-11(16)7-5-10)17-12(20)8-19-13(21)15(2,3)18-14(19)22/h4-7,9H,8H2,1-3H3,(H,17,20)(H,18,22). The van der Waals surface area contributed by atoms with Gasteiger partial charge in [-0.1, -0.05) is 12.1 Å². The van der Waals surface area contributed by atoms with Crippen molar-refractivity contribution < 1.29 is 18.8 Å². The van der Waals surface area contributed by atoms with Gasteiger partial charge in [-0.3, -0.25) is 14.5 Å². The molecule has 1 aliphatic heterocycles. The molecule has 0 radical (unpaired) electrons. The Kier molecular flexibility index (Phi) is 4.16. The first kappa shape index (κ1) is 15.9. The molecule has 0 aromatic heterocycles. The van der Waals surface area contributed by atoms with E-state index in [0.29, 0.717) is 0 Å². The summed E-state index contributed by atoms with van der Waals surface area (Å²) in [6.07, 6.45) is 0.